The third kappa shape index (κ3) is 0.986. The third-order valence-electron chi connectivity index (χ3n) is 1.77. The Balaban J connectivity index is 3.10. The highest BCUT2D eigenvalue weighted by Gasteiger charge is 2.09. The van der Waals surface area contributed by atoms with Gasteiger partial charge < -0.3 is 4.42 Å². The maximum Gasteiger partial charge on any atom is 0.330 e. The number of rotatable bonds is 0. The van der Waals surface area contributed by atoms with Crippen LogP contribution < -0.4 is 11.2 Å². The molecule has 0 spiro atoms. The minimum Gasteiger partial charge on any atom is -0.424 e. The van der Waals surface area contributed by atoms with Gasteiger partial charge in [0.15, 0.2) is 11.4 Å². The van der Waals surface area contributed by atoms with Gasteiger partial charge in [0.2, 0.25) is 5.71 Å². The zero-order valence-corrected chi connectivity index (χ0v) is 7.12. The number of nitrogens with zero attached hydrogens (tertiary/aromatic N) is 2. The zero-order chi connectivity index (χ0) is 9.59. The summed E-state index contributed by atoms with van der Waals surface area (Å²) in [4.78, 5) is 28.7. The quantitative estimate of drug-likeness (QED) is 0.595. The number of aromatic amines is 1. The average molecular weight is 181 g/mol. The van der Waals surface area contributed by atoms with Gasteiger partial charge in [-0.3, -0.25) is 14.3 Å². The first-order chi connectivity index (χ1) is 6.09. The molecule has 0 aromatic carbocycles. The first-order valence-corrected chi connectivity index (χ1v) is 3.66. The molecule has 0 aliphatic carbocycles. The highest BCUT2D eigenvalue weighted by atomic mass is 16.4. The SMILES string of the molecule is Cc1nc2c(=O)n(C)c(=O)[nH]c2o1. The first kappa shape index (κ1) is 7.78. The second-order valence-corrected chi connectivity index (χ2v) is 2.70. The van der Waals surface area contributed by atoms with Crippen molar-refractivity contribution in [3.63, 3.8) is 0 Å². The van der Waals surface area contributed by atoms with Gasteiger partial charge in [-0.25, -0.2) is 9.78 Å². The maximum atomic E-state index is 11.4. The fourth-order valence-corrected chi connectivity index (χ4v) is 1.09. The summed E-state index contributed by atoms with van der Waals surface area (Å²) in [6.07, 6.45) is 0. The van der Waals surface area contributed by atoms with Crippen LogP contribution in [0.25, 0.3) is 11.2 Å². The van der Waals surface area contributed by atoms with Gasteiger partial charge in [-0.05, 0) is 0 Å². The predicted octanol–water partition coefficient (Wildman–Crippen LogP) is -0.477. The molecule has 0 unspecified atom stereocenters. The summed E-state index contributed by atoms with van der Waals surface area (Å²) in [7, 11) is 1.38. The molecule has 0 amide bonds. The molecular formula is C7H7N3O3. The van der Waals surface area contributed by atoms with Crippen LogP contribution in [0.2, 0.25) is 0 Å². The number of fused-ring (bicyclic) bond motifs is 1. The normalized spacial score (nSPS) is 10.9. The molecule has 2 aromatic rings. The molecule has 0 atom stereocenters. The molecule has 0 saturated carbocycles. The molecular weight excluding hydrogens is 174 g/mol. The molecule has 0 aliphatic heterocycles. The minimum atomic E-state index is -0.506. The topological polar surface area (TPSA) is 80.9 Å². The summed E-state index contributed by atoms with van der Waals surface area (Å²) in [6, 6.07) is 0. The summed E-state index contributed by atoms with van der Waals surface area (Å²) in [5, 5.41) is 0. The fourth-order valence-electron chi connectivity index (χ4n) is 1.09. The van der Waals surface area contributed by atoms with Crippen LogP contribution in [0, 0.1) is 6.92 Å². The summed E-state index contributed by atoms with van der Waals surface area (Å²) >= 11 is 0. The number of oxazole rings is 1. The van der Waals surface area contributed by atoms with Crippen LogP contribution in [-0.4, -0.2) is 14.5 Å². The molecule has 0 saturated heterocycles. The van der Waals surface area contributed by atoms with Crippen LogP contribution >= 0.6 is 0 Å². The lowest BCUT2D eigenvalue weighted by Crippen LogP contribution is -2.32. The summed E-state index contributed by atoms with van der Waals surface area (Å²) < 4.78 is 5.95. The van der Waals surface area contributed by atoms with Crippen LogP contribution in [-0.2, 0) is 7.05 Å². The Bertz CT molecular complexity index is 575. The van der Waals surface area contributed by atoms with Gasteiger partial charge in [0, 0.05) is 14.0 Å². The number of H-pyrrole nitrogens is 1. The molecule has 0 bridgehead atoms. The number of aromatic nitrogens is 3. The van der Waals surface area contributed by atoms with E-state index < -0.39 is 11.2 Å². The molecule has 68 valence electrons. The summed E-state index contributed by atoms with van der Waals surface area (Å²) in [5.74, 6) is 0.356. The number of hydrogen-bond donors (Lipinski definition) is 1. The lowest BCUT2D eigenvalue weighted by atomic mass is 10.5. The van der Waals surface area contributed by atoms with Crippen LogP contribution in [0.5, 0.6) is 0 Å². The first-order valence-electron chi connectivity index (χ1n) is 3.66. The van der Waals surface area contributed by atoms with Crippen LogP contribution in [0.3, 0.4) is 0 Å². The van der Waals surface area contributed by atoms with Gasteiger partial charge in [0.25, 0.3) is 5.56 Å². The lowest BCUT2D eigenvalue weighted by molar-refractivity contribution is 0.548. The maximum absolute atomic E-state index is 11.4. The molecule has 13 heavy (non-hydrogen) atoms. The third-order valence-corrected chi connectivity index (χ3v) is 1.77. The van der Waals surface area contributed by atoms with Gasteiger partial charge in [-0.15, -0.1) is 0 Å². The Morgan fingerprint density at radius 1 is 1.46 bits per heavy atom. The smallest absolute Gasteiger partial charge is 0.330 e. The summed E-state index contributed by atoms with van der Waals surface area (Å²) in [5.41, 5.74) is -0.672. The van der Waals surface area contributed by atoms with E-state index in [0.717, 1.165) is 4.57 Å². The second-order valence-electron chi connectivity index (χ2n) is 2.70. The lowest BCUT2D eigenvalue weighted by Gasteiger charge is -1.91. The Morgan fingerprint density at radius 2 is 2.15 bits per heavy atom. The number of aryl methyl sites for hydroxylation is 1. The van der Waals surface area contributed by atoms with Crippen molar-refractivity contribution in [1.82, 2.24) is 14.5 Å². The van der Waals surface area contributed by atoms with Crippen LogP contribution in [0.1, 0.15) is 5.89 Å². The molecule has 2 aromatic heterocycles. The van der Waals surface area contributed by atoms with Crippen LogP contribution in [0.15, 0.2) is 14.0 Å². The van der Waals surface area contributed by atoms with E-state index in [1.807, 2.05) is 0 Å². The van der Waals surface area contributed by atoms with E-state index in [0.29, 0.717) is 5.89 Å². The number of hydrogen-bond acceptors (Lipinski definition) is 4. The predicted molar refractivity (Wildman–Crippen MR) is 44.6 cm³/mol. The summed E-state index contributed by atoms with van der Waals surface area (Å²) in [6.45, 7) is 1.61. The van der Waals surface area contributed by atoms with E-state index >= 15 is 0 Å². The molecule has 6 heteroatoms. The van der Waals surface area contributed by atoms with Crippen molar-refractivity contribution in [3.8, 4) is 0 Å². The highest BCUT2D eigenvalue weighted by molar-refractivity contribution is 5.65. The van der Waals surface area contributed by atoms with E-state index in [4.69, 9.17) is 4.42 Å². The van der Waals surface area contributed by atoms with Crippen LogP contribution in [0.4, 0.5) is 0 Å². The zero-order valence-electron chi connectivity index (χ0n) is 7.12. The molecule has 0 radical (unpaired) electrons. The molecule has 1 N–H and O–H groups in total. The Labute approximate surface area is 71.8 Å². The van der Waals surface area contributed by atoms with Gasteiger partial charge in [0.05, 0.1) is 0 Å². The van der Waals surface area contributed by atoms with Crippen molar-refractivity contribution < 1.29 is 4.42 Å². The Hall–Kier alpha value is -1.85. The van der Waals surface area contributed by atoms with E-state index in [2.05, 4.69) is 9.97 Å². The van der Waals surface area contributed by atoms with Crippen molar-refractivity contribution >= 4 is 11.2 Å². The average Bonchev–Trinajstić information content (AvgIpc) is 2.42. The fraction of sp³-hybridized carbons (Fsp3) is 0.286. The highest BCUT2D eigenvalue weighted by Crippen LogP contribution is 2.04. The van der Waals surface area contributed by atoms with Gasteiger partial charge in [-0.2, -0.15) is 0 Å². The number of nitrogens with one attached hydrogen (secondary N) is 1. The molecule has 2 rings (SSSR count). The van der Waals surface area contributed by atoms with E-state index in [9.17, 15) is 9.59 Å². The van der Waals surface area contributed by atoms with E-state index in [-0.39, 0.29) is 11.2 Å². The standard InChI is InChI=1S/C7H7N3O3/c1-3-8-4-5(13-3)9-7(12)10(2)6(4)11/h1-2H3,(H,9,12). The van der Waals surface area contributed by atoms with Crippen molar-refractivity contribution in [2.75, 3.05) is 0 Å². The molecule has 2 heterocycles. The second kappa shape index (κ2) is 2.32. The van der Waals surface area contributed by atoms with Crippen molar-refractivity contribution in [1.29, 1.82) is 0 Å². The molecule has 6 nitrogen and oxygen atoms in total. The molecule has 0 aliphatic rings. The Kier molecular flexibility index (Phi) is 1.39. The monoisotopic (exact) mass is 181 g/mol. The van der Waals surface area contributed by atoms with Crippen molar-refractivity contribution in [2.45, 2.75) is 6.92 Å². The minimum absolute atomic E-state index is 0.130. The van der Waals surface area contributed by atoms with Crippen molar-refractivity contribution in [2.24, 2.45) is 7.05 Å². The van der Waals surface area contributed by atoms with Crippen molar-refractivity contribution in [3.05, 3.63) is 26.7 Å². The Morgan fingerprint density at radius 3 is 2.85 bits per heavy atom. The largest absolute Gasteiger partial charge is 0.424 e. The molecule has 0 fully saturated rings. The van der Waals surface area contributed by atoms with E-state index in [1.165, 1.54) is 7.05 Å². The van der Waals surface area contributed by atoms with Gasteiger partial charge >= 0.3 is 5.69 Å². The van der Waals surface area contributed by atoms with E-state index in [1.54, 1.807) is 6.92 Å². The van der Waals surface area contributed by atoms with Gasteiger partial charge in [0.1, 0.15) is 0 Å². The van der Waals surface area contributed by atoms with Gasteiger partial charge in [-0.1, -0.05) is 0 Å².